The first-order valence-electron chi connectivity index (χ1n) is 7.70. The van der Waals surface area contributed by atoms with Gasteiger partial charge in [-0.2, -0.15) is 4.98 Å². The number of aliphatic hydroxyl groups excluding tert-OH is 1. The van der Waals surface area contributed by atoms with Gasteiger partial charge >= 0.3 is 5.69 Å². The zero-order valence-corrected chi connectivity index (χ0v) is 14.4. The second-order valence-electron chi connectivity index (χ2n) is 5.63. The van der Waals surface area contributed by atoms with E-state index in [1.807, 2.05) is 4.98 Å². The van der Waals surface area contributed by atoms with Gasteiger partial charge in [0.1, 0.15) is 6.54 Å². The van der Waals surface area contributed by atoms with Gasteiger partial charge in [-0.3, -0.25) is 9.36 Å². The number of rotatable bonds is 6. The fourth-order valence-corrected chi connectivity index (χ4v) is 2.48. The average Bonchev–Trinajstić information content (AvgIpc) is 3.05. The van der Waals surface area contributed by atoms with E-state index in [4.69, 9.17) is 16.1 Å². The number of hydrogen-bond acceptors (Lipinski definition) is 6. The molecule has 142 valence electrons. The smallest absolute Gasteiger partial charge is 0.329 e. The van der Waals surface area contributed by atoms with E-state index < -0.39 is 29.5 Å². The van der Waals surface area contributed by atoms with Gasteiger partial charge in [0.25, 0.3) is 12.0 Å². The van der Waals surface area contributed by atoms with Crippen LogP contribution in [0.3, 0.4) is 0 Å². The van der Waals surface area contributed by atoms with Crippen LogP contribution < -0.4 is 11.2 Å². The third kappa shape index (κ3) is 4.47. The number of alkyl halides is 2. The maximum Gasteiger partial charge on any atom is 0.329 e. The Balaban J connectivity index is 1.74. The molecule has 3 aromatic rings. The first-order chi connectivity index (χ1) is 12.8. The van der Waals surface area contributed by atoms with Crippen molar-refractivity contribution in [3.8, 4) is 0 Å². The van der Waals surface area contributed by atoms with Crippen molar-refractivity contribution in [2.24, 2.45) is 0 Å². The quantitative estimate of drug-likeness (QED) is 0.654. The highest BCUT2D eigenvalue weighted by atomic mass is 35.5. The minimum absolute atomic E-state index is 0.0285. The Morgan fingerprint density at radius 3 is 2.59 bits per heavy atom. The molecule has 0 fully saturated rings. The van der Waals surface area contributed by atoms with Crippen molar-refractivity contribution in [3.63, 3.8) is 0 Å². The summed E-state index contributed by atoms with van der Waals surface area (Å²) in [6.07, 6.45) is -3.85. The molecule has 0 saturated carbocycles. The van der Waals surface area contributed by atoms with Crippen molar-refractivity contribution in [1.29, 1.82) is 0 Å². The van der Waals surface area contributed by atoms with Crippen LogP contribution in [0, 0.1) is 0 Å². The molecule has 0 amide bonds. The number of nitrogens with zero attached hydrogens (tertiary/aromatic N) is 3. The Morgan fingerprint density at radius 1 is 1.26 bits per heavy atom. The maximum absolute atomic E-state index is 12.6. The van der Waals surface area contributed by atoms with Crippen LogP contribution in [0.5, 0.6) is 0 Å². The van der Waals surface area contributed by atoms with Gasteiger partial charge in [0.2, 0.25) is 5.89 Å². The predicted octanol–water partition coefficient (Wildman–Crippen LogP) is 1.83. The molecule has 8 nitrogen and oxygen atoms in total. The lowest BCUT2D eigenvalue weighted by molar-refractivity contribution is 0.145. The zero-order chi connectivity index (χ0) is 19.6. The molecule has 11 heteroatoms. The Hall–Kier alpha value is -2.85. The Labute approximate surface area is 155 Å². The van der Waals surface area contributed by atoms with Crippen molar-refractivity contribution >= 4 is 11.6 Å². The Morgan fingerprint density at radius 2 is 1.96 bits per heavy atom. The van der Waals surface area contributed by atoms with Crippen LogP contribution in [0.1, 0.15) is 35.5 Å². The summed E-state index contributed by atoms with van der Waals surface area (Å²) < 4.78 is 30.8. The predicted molar refractivity (Wildman–Crippen MR) is 89.8 cm³/mol. The number of aliphatic hydroxyl groups is 1. The van der Waals surface area contributed by atoms with E-state index in [9.17, 15) is 23.5 Å². The molecule has 2 N–H and O–H groups in total. The molecule has 0 aliphatic rings. The second kappa shape index (κ2) is 7.80. The van der Waals surface area contributed by atoms with Crippen molar-refractivity contribution in [2.75, 3.05) is 0 Å². The van der Waals surface area contributed by atoms with Crippen LogP contribution in [0.25, 0.3) is 0 Å². The molecule has 1 atom stereocenters. The van der Waals surface area contributed by atoms with Gasteiger partial charge in [-0.15, -0.1) is 0 Å². The highest BCUT2D eigenvalue weighted by Gasteiger charge is 2.17. The SMILES string of the molecule is O=c1cc(C(F)F)[nH]c(=O)n1Cc1nc(C[C@H](O)c2ccc(Cl)cc2)no1. The molecule has 2 aromatic heterocycles. The fraction of sp³-hybridized carbons (Fsp3) is 0.250. The van der Waals surface area contributed by atoms with E-state index >= 15 is 0 Å². The summed E-state index contributed by atoms with van der Waals surface area (Å²) in [5.74, 6) is 0.0758. The van der Waals surface area contributed by atoms with Crippen molar-refractivity contribution in [1.82, 2.24) is 19.7 Å². The molecule has 3 rings (SSSR count). The van der Waals surface area contributed by atoms with Crippen LogP contribution in [0.15, 0.2) is 44.4 Å². The molecular weight excluding hydrogens is 386 g/mol. The summed E-state index contributed by atoms with van der Waals surface area (Å²) >= 11 is 5.79. The number of hydrogen-bond donors (Lipinski definition) is 2. The summed E-state index contributed by atoms with van der Waals surface area (Å²) in [5, 5.41) is 14.4. The van der Waals surface area contributed by atoms with E-state index in [1.54, 1.807) is 24.3 Å². The van der Waals surface area contributed by atoms with Crippen LogP contribution in [-0.4, -0.2) is 24.8 Å². The van der Waals surface area contributed by atoms with E-state index in [0.29, 0.717) is 21.2 Å². The van der Waals surface area contributed by atoms with Crippen LogP contribution in [-0.2, 0) is 13.0 Å². The number of nitrogens with one attached hydrogen (secondary N) is 1. The highest BCUT2D eigenvalue weighted by molar-refractivity contribution is 6.30. The minimum atomic E-state index is -2.97. The standard InChI is InChI=1S/C16H13ClF2N4O4/c17-9-3-1-8(2-4-9)11(24)6-12-21-13(27-22-12)7-23-14(25)5-10(15(18)19)20-16(23)26/h1-5,11,15,24H,6-7H2,(H,20,26)/t11-/m0/s1. The Kier molecular flexibility index (Phi) is 5.47. The zero-order valence-electron chi connectivity index (χ0n) is 13.6. The van der Waals surface area contributed by atoms with Gasteiger partial charge in [0.15, 0.2) is 5.82 Å². The summed E-state index contributed by atoms with van der Waals surface area (Å²) in [4.78, 5) is 29.6. The highest BCUT2D eigenvalue weighted by Crippen LogP contribution is 2.19. The summed E-state index contributed by atoms with van der Waals surface area (Å²) in [5.41, 5.74) is -2.10. The molecule has 27 heavy (non-hydrogen) atoms. The summed E-state index contributed by atoms with van der Waals surface area (Å²) in [7, 11) is 0. The van der Waals surface area contributed by atoms with Crippen LogP contribution in [0.4, 0.5) is 8.78 Å². The lowest BCUT2D eigenvalue weighted by atomic mass is 10.1. The molecule has 0 spiro atoms. The molecule has 0 aliphatic carbocycles. The lowest BCUT2D eigenvalue weighted by Crippen LogP contribution is -2.36. The number of aromatic nitrogens is 4. The van der Waals surface area contributed by atoms with Gasteiger partial charge in [-0.05, 0) is 17.7 Å². The fourth-order valence-electron chi connectivity index (χ4n) is 2.35. The largest absolute Gasteiger partial charge is 0.388 e. The molecule has 0 radical (unpaired) electrons. The number of H-pyrrole nitrogens is 1. The van der Waals surface area contributed by atoms with Gasteiger partial charge in [0, 0.05) is 17.5 Å². The third-order valence-electron chi connectivity index (χ3n) is 3.71. The second-order valence-corrected chi connectivity index (χ2v) is 6.07. The lowest BCUT2D eigenvalue weighted by Gasteiger charge is -2.08. The number of halogens is 3. The van der Waals surface area contributed by atoms with Crippen LogP contribution in [0.2, 0.25) is 5.02 Å². The normalized spacial score (nSPS) is 12.5. The van der Waals surface area contributed by atoms with E-state index in [1.165, 1.54) is 0 Å². The number of benzene rings is 1. The first kappa shape index (κ1) is 18.9. The molecule has 1 aromatic carbocycles. The molecule has 2 heterocycles. The van der Waals surface area contributed by atoms with Crippen molar-refractivity contribution in [2.45, 2.75) is 25.5 Å². The van der Waals surface area contributed by atoms with Crippen LogP contribution >= 0.6 is 11.6 Å². The van der Waals surface area contributed by atoms with Crippen molar-refractivity contribution < 1.29 is 18.4 Å². The molecule has 0 saturated heterocycles. The monoisotopic (exact) mass is 398 g/mol. The van der Waals surface area contributed by atoms with E-state index in [2.05, 4.69) is 10.1 Å². The molecule has 0 unspecified atom stereocenters. The first-order valence-corrected chi connectivity index (χ1v) is 8.08. The maximum atomic E-state index is 12.6. The summed E-state index contributed by atoms with van der Waals surface area (Å²) in [6.45, 7) is -0.387. The molecule has 0 aliphatic heterocycles. The van der Waals surface area contributed by atoms with Crippen molar-refractivity contribution in [3.05, 3.63) is 79.2 Å². The van der Waals surface area contributed by atoms with Gasteiger partial charge in [-0.25, -0.2) is 13.6 Å². The molecular formula is C16H13ClF2N4O4. The van der Waals surface area contributed by atoms with Gasteiger partial charge < -0.3 is 14.6 Å². The average molecular weight is 399 g/mol. The van der Waals surface area contributed by atoms with E-state index in [-0.39, 0.29) is 24.7 Å². The van der Waals surface area contributed by atoms with E-state index in [0.717, 1.165) is 0 Å². The minimum Gasteiger partial charge on any atom is -0.388 e. The topological polar surface area (TPSA) is 114 Å². The van der Waals surface area contributed by atoms with Gasteiger partial charge in [0.05, 0.1) is 11.8 Å². The third-order valence-corrected chi connectivity index (χ3v) is 3.96. The van der Waals surface area contributed by atoms with Gasteiger partial charge in [-0.1, -0.05) is 28.9 Å². The molecule has 0 bridgehead atoms. The number of aromatic amines is 1. The Bertz CT molecular complexity index is 1010. The summed E-state index contributed by atoms with van der Waals surface area (Å²) in [6, 6.07) is 7.19.